The van der Waals surface area contributed by atoms with Gasteiger partial charge in [0.1, 0.15) is 30.2 Å². The van der Waals surface area contributed by atoms with Crippen molar-refractivity contribution in [3.8, 4) is 17.2 Å². The van der Waals surface area contributed by atoms with Crippen molar-refractivity contribution in [2.45, 2.75) is 75.3 Å². The molecule has 0 amide bonds. The van der Waals surface area contributed by atoms with Crippen LogP contribution in [-0.2, 0) is 17.6 Å². The van der Waals surface area contributed by atoms with Crippen LogP contribution >= 0.6 is 0 Å². The number of aliphatic hydroxyl groups is 5. The number of aryl methyl sites for hydroxylation is 2. The minimum atomic E-state index is -1.53. The molecule has 3 heterocycles. The quantitative estimate of drug-likeness (QED) is 0.468. The molecule has 2 aromatic carbocycles. The van der Waals surface area contributed by atoms with E-state index in [0.717, 1.165) is 49.7 Å². The molecule has 8 heteroatoms. The minimum absolute atomic E-state index is 0.298. The second-order valence-corrected chi connectivity index (χ2v) is 8.78. The topological polar surface area (TPSA) is 129 Å². The van der Waals surface area contributed by atoms with Crippen molar-refractivity contribution in [2.75, 3.05) is 6.61 Å². The van der Waals surface area contributed by atoms with Gasteiger partial charge in [0.2, 0.25) is 6.29 Å². The predicted octanol–water partition coefficient (Wildman–Crippen LogP) is 1.68. The zero-order valence-corrected chi connectivity index (χ0v) is 18.4. The Bertz CT molecular complexity index is 900. The zero-order chi connectivity index (χ0) is 23.4. The smallest absolute Gasteiger partial charge is 0.229 e. The van der Waals surface area contributed by atoms with Gasteiger partial charge in [-0.05, 0) is 67.5 Å². The molecule has 0 aromatic heterocycles. The third-order valence-corrected chi connectivity index (χ3v) is 6.27. The van der Waals surface area contributed by atoms with Gasteiger partial charge in [0.25, 0.3) is 0 Å². The van der Waals surface area contributed by atoms with Crippen molar-refractivity contribution in [2.24, 2.45) is 0 Å². The normalized spacial score (nSPS) is 30.7. The van der Waals surface area contributed by atoms with E-state index in [1.54, 1.807) is 6.07 Å². The monoisotopic (exact) mass is 460 g/mol. The van der Waals surface area contributed by atoms with Crippen molar-refractivity contribution < 1.29 is 39.7 Å². The first kappa shape index (κ1) is 23.9. The molecule has 5 rings (SSSR count). The number of fused-ring (bicyclic) bond motifs is 8. The third kappa shape index (κ3) is 5.84. The van der Waals surface area contributed by atoms with E-state index in [-0.39, 0.29) is 6.10 Å². The van der Waals surface area contributed by atoms with Crippen LogP contribution in [0.15, 0.2) is 42.5 Å². The molecule has 1 fully saturated rings. The summed E-state index contributed by atoms with van der Waals surface area (Å²) < 4.78 is 17.4. The van der Waals surface area contributed by atoms with E-state index in [2.05, 4.69) is 0 Å². The standard InChI is InChI=1S/C25H32O8/c26-14-21-22(28)23(29)24(30)25(33-21)32-19-12-8-16-3-1-2-4-17(27)9-5-15-6-10-18(11-7-15)31-20(19)13-16/h6-8,10-13,17,21-30H,1-5,9,14H2/t17-,21+,22+,23-,24+,25+/m0/s1. The number of benzene rings is 2. The van der Waals surface area contributed by atoms with Crippen LogP contribution in [0.3, 0.4) is 0 Å². The van der Waals surface area contributed by atoms with Crippen molar-refractivity contribution in [1.29, 1.82) is 0 Å². The average molecular weight is 461 g/mol. The highest BCUT2D eigenvalue weighted by Gasteiger charge is 2.45. The van der Waals surface area contributed by atoms with E-state index in [1.807, 2.05) is 36.4 Å². The highest BCUT2D eigenvalue weighted by molar-refractivity contribution is 5.46. The number of hydrogen-bond donors (Lipinski definition) is 5. The van der Waals surface area contributed by atoms with Gasteiger partial charge in [-0.1, -0.05) is 24.6 Å². The summed E-state index contributed by atoms with van der Waals surface area (Å²) in [5.41, 5.74) is 2.15. The minimum Gasteiger partial charge on any atom is -0.458 e. The van der Waals surface area contributed by atoms with Crippen molar-refractivity contribution >= 4 is 0 Å². The molecular formula is C25H32O8. The molecule has 0 radical (unpaired) electrons. The Morgan fingerprint density at radius 1 is 0.818 bits per heavy atom. The molecule has 3 aliphatic rings. The molecule has 0 saturated carbocycles. The molecule has 8 nitrogen and oxygen atoms in total. The Hall–Kier alpha value is -2.20. The van der Waals surface area contributed by atoms with E-state index in [4.69, 9.17) is 14.2 Å². The first-order chi connectivity index (χ1) is 15.9. The second-order valence-electron chi connectivity index (χ2n) is 8.78. The number of ether oxygens (including phenoxy) is 3. The third-order valence-electron chi connectivity index (χ3n) is 6.27. The fourth-order valence-corrected chi connectivity index (χ4v) is 4.21. The summed E-state index contributed by atoms with van der Waals surface area (Å²) in [5.74, 6) is 1.32. The Morgan fingerprint density at radius 2 is 1.58 bits per heavy atom. The lowest BCUT2D eigenvalue weighted by Gasteiger charge is -2.39. The van der Waals surface area contributed by atoms with Gasteiger partial charge >= 0.3 is 0 Å². The lowest BCUT2D eigenvalue weighted by Crippen LogP contribution is -2.60. The van der Waals surface area contributed by atoms with Crippen molar-refractivity contribution in [1.82, 2.24) is 0 Å². The lowest BCUT2D eigenvalue weighted by molar-refractivity contribution is -0.277. The van der Waals surface area contributed by atoms with Crippen LogP contribution in [0.25, 0.3) is 0 Å². The van der Waals surface area contributed by atoms with Crippen LogP contribution in [0, 0.1) is 0 Å². The maximum Gasteiger partial charge on any atom is 0.229 e. The Kier molecular flexibility index (Phi) is 7.85. The molecule has 6 atom stereocenters. The molecular weight excluding hydrogens is 428 g/mol. The summed E-state index contributed by atoms with van der Waals surface area (Å²) in [4.78, 5) is 0. The van der Waals surface area contributed by atoms with E-state index in [9.17, 15) is 25.5 Å². The molecule has 0 aliphatic carbocycles. The molecule has 33 heavy (non-hydrogen) atoms. The predicted molar refractivity (Wildman–Crippen MR) is 119 cm³/mol. The highest BCUT2D eigenvalue weighted by atomic mass is 16.7. The van der Waals surface area contributed by atoms with E-state index in [1.165, 1.54) is 0 Å². The van der Waals surface area contributed by atoms with Crippen LogP contribution in [0.5, 0.6) is 17.2 Å². The molecule has 180 valence electrons. The van der Waals surface area contributed by atoms with Crippen molar-refractivity contribution in [3.63, 3.8) is 0 Å². The lowest BCUT2D eigenvalue weighted by atomic mass is 9.99. The Morgan fingerprint density at radius 3 is 2.33 bits per heavy atom. The van der Waals surface area contributed by atoms with E-state index >= 15 is 0 Å². The Labute approximate surface area is 193 Å². The summed E-state index contributed by atoms with van der Waals surface area (Å²) in [5, 5.41) is 50.1. The number of rotatable bonds is 3. The number of hydrogen-bond acceptors (Lipinski definition) is 8. The summed E-state index contributed by atoms with van der Waals surface area (Å²) in [7, 11) is 0. The van der Waals surface area contributed by atoms with Gasteiger partial charge in [0.15, 0.2) is 11.5 Å². The van der Waals surface area contributed by atoms with Gasteiger partial charge in [-0.3, -0.25) is 0 Å². The fourth-order valence-electron chi connectivity index (χ4n) is 4.21. The van der Waals surface area contributed by atoms with Gasteiger partial charge in [-0.15, -0.1) is 0 Å². The van der Waals surface area contributed by atoms with Crippen LogP contribution < -0.4 is 9.47 Å². The van der Waals surface area contributed by atoms with Gasteiger partial charge in [-0.25, -0.2) is 0 Å². The van der Waals surface area contributed by atoms with Crippen LogP contribution in [0.1, 0.15) is 36.8 Å². The summed E-state index contributed by atoms with van der Waals surface area (Å²) in [6.07, 6.45) is -2.23. The van der Waals surface area contributed by atoms with Gasteiger partial charge in [-0.2, -0.15) is 0 Å². The maximum atomic E-state index is 10.3. The fraction of sp³-hybridized carbons (Fsp3) is 0.520. The van der Waals surface area contributed by atoms with Gasteiger partial charge in [0, 0.05) is 0 Å². The molecule has 2 aromatic rings. The largest absolute Gasteiger partial charge is 0.458 e. The van der Waals surface area contributed by atoms with E-state index in [0.29, 0.717) is 17.2 Å². The van der Waals surface area contributed by atoms with Crippen molar-refractivity contribution in [3.05, 3.63) is 53.6 Å². The van der Waals surface area contributed by atoms with Crippen LogP contribution in [0.4, 0.5) is 0 Å². The molecule has 3 aliphatic heterocycles. The highest BCUT2D eigenvalue weighted by Crippen LogP contribution is 2.36. The maximum absolute atomic E-state index is 10.3. The Balaban J connectivity index is 1.59. The zero-order valence-electron chi connectivity index (χ0n) is 18.4. The van der Waals surface area contributed by atoms with Crippen LogP contribution in [-0.4, -0.2) is 68.9 Å². The first-order valence-corrected chi connectivity index (χ1v) is 11.5. The molecule has 0 unspecified atom stereocenters. The SMILES string of the molecule is OC[C@H]1O[C@@H](Oc2ccc3cc2Oc2ccc(cc2)CC[C@@H](O)CCCC3)[C@H](O)[C@@H](O)[C@@H]1O. The number of aliphatic hydroxyl groups excluding tert-OH is 5. The second kappa shape index (κ2) is 10.8. The summed E-state index contributed by atoms with van der Waals surface area (Å²) in [6, 6.07) is 13.1. The van der Waals surface area contributed by atoms with E-state index < -0.39 is 37.3 Å². The summed E-state index contributed by atoms with van der Waals surface area (Å²) in [6.45, 7) is -0.534. The molecule has 5 N–H and O–H groups in total. The molecule has 4 bridgehead atoms. The molecule has 1 saturated heterocycles. The first-order valence-electron chi connectivity index (χ1n) is 11.5. The van der Waals surface area contributed by atoms with Crippen LogP contribution in [0.2, 0.25) is 0 Å². The average Bonchev–Trinajstić information content (AvgIpc) is 2.83. The summed E-state index contributed by atoms with van der Waals surface area (Å²) >= 11 is 0. The van der Waals surface area contributed by atoms with Gasteiger partial charge in [0.05, 0.1) is 12.7 Å². The van der Waals surface area contributed by atoms with Gasteiger partial charge < -0.3 is 39.7 Å². The molecule has 0 spiro atoms.